The highest BCUT2D eigenvalue weighted by molar-refractivity contribution is 5.68. The number of hydrogen-bond donors (Lipinski definition) is 1. The molecule has 1 aliphatic carbocycles. The minimum Gasteiger partial charge on any atom is -0.444 e. The van der Waals surface area contributed by atoms with Crippen molar-refractivity contribution in [3.63, 3.8) is 0 Å². The molecule has 19 heavy (non-hydrogen) atoms. The van der Waals surface area contributed by atoms with E-state index in [0.29, 0.717) is 12.1 Å². The molecule has 1 aliphatic heterocycles. The Labute approximate surface area is 116 Å². The van der Waals surface area contributed by atoms with Crippen LogP contribution in [0.4, 0.5) is 4.79 Å². The first-order valence-corrected chi connectivity index (χ1v) is 7.59. The quantitative estimate of drug-likeness (QED) is 0.855. The lowest BCUT2D eigenvalue weighted by Gasteiger charge is -2.35. The lowest BCUT2D eigenvalue weighted by molar-refractivity contribution is 0.0183. The smallest absolute Gasteiger partial charge is 0.410 e. The number of carbonyl (C=O) groups is 1. The van der Waals surface area contributed by atoms with E-state index in [-0.39, 0.29) is 6.09 Å². The summed E-state index contributed by atoms with van der Waals surface area (Å²) in [7, 11) is 0. The zero-order chi connectivity index (χ0) is 14.0. The molecule has 0 radical (unpaired) electrons. The summed E-state index contributed by atoms with van der Waals surface area (Å²) in [5, 5.41) is 3.68. The second kappa shape index (κ2) is 5.70. The van der Waals surface area contributed by atoms with E-state index in [2.05, 4.69) is 12.2 Å². The van der Waals surface area contributed by atoms with E-state index >= 15 is 0 Å². The molecule has 1 saturated carbocycles. The highest BCUT2D eigenvalue weighted by Crippen LogP contribution is 2.32. The molecule has 2 atom stereocenters. The zero-order valence-corrected chi connectivity index (χ0v) is 12.7. The summed E-state index contributed by atoms with van der Waals surface area (Å²) in [5.41, 5.74) is -0.404. The monoisotopic (exact) mass is 268 g/mol. The van der Waals surface area contributed by atoms with Crippen LogP contribution in [0.25, 0.3) is 0 Å². The van der Waals surface area contributed by atoms with Gasteiger partial charge in [-0.1, -0.05) is 0 Å². The molecule has 110 valence electrons. The number of nitrogens with zero attached hydrogens (tertiary/aromatic N) is 1. The average molecular weight is 268 g/mol. The Morgan fingerprint density at radius 2 is 2.00 bits per heavy atom. The Kier molecular flexibility index (Phi) is 4.39. The summed E-state index contributed by atoms with van der Waals surface area (Å²) in [6.07, 6.45) is 4.77. The van der Waals surface area contributed by atoms with Crippen molar-refractivity contribution in [1.82, 2.24) is 10.2 Å². The van der Waals surface area contributed by atoms with Gasteiger partial charge < -0.3 is 15.0 Å². The topological polar surface area (TPSA) is 41.6 Å². The van der Waals surface area contributed by atoms with Gasteiger partial charge in [0.1, 0.15) is 5.60 Å². The van der Waals surface area contributed by atoms with Crippen LogP contribution in [0.5, 0.6) is 0 Å². The van der Waals surface area contributed by atoms with E-state index in [4.69, 9.17) is 4.74 Å². The summed E-state index contributed by atoms with van der Waals surface area (Å²) in [6, 6.07) is 1.01. The molecular weight excluding hydrogens is 240 g/mol. The molecule has 0 aromatic carbocycles. The molecule has 1 saturated heterocycles. The summed E-state index contributed by atoms with van der Waals surface area (Å²) < 4.78 is 5.45. The van der Waals surface area contributed by atoms with E-state index in [1.807, 2.05) is 25.7 Å². The highest BCUT2D eigenvalue weighted by Gasteiger charge is 2.32. The van der Waals surface area contributed by atoms with Gasteiger partial charge in [0.25, 0.3) is 0 Å². The average Bonchev–Trinajstić information content (AvgIpc) is 3.10. The molecule has 0 bridgehead atoms. The molecule has 4 heteroatoms. The Morgan fingerprint density at radius 3 is 2.58 bits per heavy atom. The molecule has 2 rings (SSSR count). The number of rotatable bonds is 3. The lowest BCUT2D eigenvalue weighted by Crippen LogP contribution is -2.51. The van der Waals surface area contributed by atoms with Crippen molar-refractivity contribution in [2.45, 2.75) is 71.1 Å². The van der Waals surface area contributed by atoms with E-state index in [1.165, 1.54) is 12.8 Å². The SMILES string of the molecule is CC(NC1CCCN(C(=O)OC(C)(C)C)C1)C1CC1. The minimum absolute atomic E-state index is 0.168. The van der Waals surface area contributed by atoms with Crippen molar-refractivity contribution in [1.29, 1.82) is 0 Å². The molecular formula is C15H28N2O2. The van der Waals surface area contributed by atoms with Crippen LogP contribution in [0.3, 0.4) is 0 Å². The maximum atomic E-state index is 12.1. The van der Waals surface area contributed by atoms with Crippen LogP contribution in [0.1, 0.15) is 53.4 Å². The molecule has 4 nitrogen and oxygen atoms in total. The Balaban J connectivity index is 1.80. The number of amides is 1. The Bertz CT molecular complexity index is 321. The van der Waals surface area contributed by atoms with Gasteiger partial charge in [0.05, 0.1) is 0 Å². The van der Waals surface area contributed by atoms with E-state index < -0.39 is 5.60 Å². The molecule has 0 aromatic heterocycles. The van der Waals surface area contributed by atoms with Crippen LogP contribution < -0.4 is 5.32 Å². The van der Waals surface area contributed by atoms with Crippen molar-refractivity contribution in [3.8, 4) is 0 Å². The van der Waals surface area contributed by atoms with E-state index in [9.17, 15) is 4.79 Å². The van der Waals surface area contributed by atoms with Gasteiger partial charge in [-0.2, -0.15) is 0 Å². The van der Waals surface area contributed by atoms with Gasteiger partial charge in [-0.25, -0.2) is 4.79 Å². The number of hydrogen-bond acceptors (Lipinski definition) is 3. The van der Waals surface area contributed by atoms with Crippen LogP contribution in [-0.4, -0.2) is 41.8 Å². The zero-order valence-electron chi connectivity index (χ0n) is 12.7. The third-order valence-corrected chi connectivity index (χ3v) is 3.90. The summed E-state index contributed by atoms with van der Waals surface area (Å²) >= 11 is 0. The molecule has 0 spiro atoms. The predicted octanol–water partition coefficient (Wildman–Crippen LogP) is 2.77. The maximum absolute atomic E-state index is 12.1. The van der Waals surface area contributed by atoms with Crippen LogP contribution >= 0.6 is 0 Å². The van der Waals surface area contributed by atoms with Crippen LogP contribution in [0, 0.1) is 5.92 Å². The number of nitrogens with one attached hydrogen (secondary N) is 1. The van der Waals surface area contributed by atoms with E-state index in [0.717, 1.165) is 31.8 Å². The maximum Gasteiger partial charge on any atom is 0.410 e. The molecule has 1 amide bonds. The van der Waals surface area contributed by atoms with E-state index in [1.54, 1.807) is 0 Å². The first-order valence-electron chi connectivity index (χ1n) is 7.59. The highest BCUT2D eigenvalue weighted by atomic mass is 16.6. The summed E-state index contributed by atoms with van der Waals surface area (Å²) in [6.45, 7) is 9.63. The molecule has 1 heterocycles. The van der Waals surface area contributed by atoms with Gasteiger partial charge in [-0.15, -0.1) is 0 Å². The van der Waals surface area contributed by atoms with Crippen molar-refractivity contribution in [2.24, 2.45) is 5.92 Å². The van der Waals surface area contributed by atoms with Crippen molar-refractivity contribution in [3.05, 3.63) is 0 Å². The molecule has 1 N–H and O–H groups in total. The lowest BCUT2D eigenvalue weighted by atomic mass is 10.0. The number of ether oxygens (including phenoxy) is 1. The molecule has 2 aliphatic rings. The van der Waals surface area contributed by atoms with Gasteiger partial charge in [-0.05, 0) is 59.3 Å². The van der Waals surface area contributed by atoms with Crippen molar-refractivity contribution in [2.75, 3.05) is 13.1 Å². The van der Waals surface area contributed by atoms with Crippen LogP contribution in [0.2, 0.25) is 0 Å². The summed E-state index contributed by atoms with van der Waals surface area (Å²) in [5.74, 6) is 0.858. The first kappa shape index (κ1) is 14.6. The summed E-state index contributed by atoms with van der Waals surface area (Å²) in [4.78, 5) is 13.9. The minimum atomic E-state index is -0.404. The molecule has 0 aromatic rings. The van der Waals surface area contributed by atoms with Gasteiger partial charge >= 0.3 is 6.09 Å². The fourth-order valence-electron chi connectivity index (χ4n) is 2.71. The van der Waals surface area contributed by atoms with Crippen LogP contribution in [0.15, 0.2) is 0 Å². The Morgan fingerprint density at radius 1 is 1.32 bits per heavy atom. The fourth-order valence-corrected chi connectivity index (χ4v) is 2.71. The van der Waals surface area contributed by atoms with Crippen LogP contribution in [-0.2, 0) is 4.74 Å². The predicted molar refractivity (Wildman–Crippen MR) is 76.2 cm³/mol. The normalized spacial score (nSPS) is 26.1. The Hall–Kier alpha value is -0.770. The number of carbonyl (C=O) groups excluding carboxylic acids is 1. The van der Waals surface area contributed by atoms with Gasteiger partial charge in [0.2, 0.25) is 0 Å². The van der Waals surface area contributed by atoms with Gasteiger partial charge in [0, 0.05) is 25.2 Å². The first-order chi connectivity index (χ1) is 8.85. The second-order valence-electron chi connectivity index (χ2n) is 7.06. The molecule has 2 fully saturated rings. The fraction of sp³-hybridized carbons (Fsp3) is 0.933. The standard InChI is InChI=1S/C15H28N2O2/c1-11(12-7-8-12)16-13-6-5-9-17(10-13)14(18)19-15(2,3)4/h11-13,16H,5-10H2,1-4H3. The van der Waals surface area contributed by atoms with Crippen molar-refractivity contribution >= 4 is 6.09 Å². The molecule has 2 unspecified atom stereocenters. The number of likely N-dealkylation sites (tertiary alicyclic amines) is 1. The van der Waals surface area contributed by atoms with Gasteiger partial charge in [0.15, 0.2) is 0 Å². The third-order valence-electron chi connectivity index (χ3n) is 3.90. The number of piperidine rings is 1. The van der Waals surface area contributed by atoms with Gasteiger partial charge in [-0.3, -0.25) is 0 Å². The van der Waals surface area contributed by atoms with Crippen molar-refractivity contribution < 1.29 is 9.53 Å². The third kappa shape index (κ3) is 4.68. The largest absolute Gasteiger partial charge is 0.444 e. The second-order valence-corrected chi connectivity index (χ2v) is 7.06.